The van der Waals surface area contributed by atoms with Crippen LogP contribution in [0.5, 0.6) is 0 Å². The van der Waals surface area contributed by atoms with Gasteiger partial charge in [-0.05, 0) is 44.4 Å². The van der Waals surface area contributed by atoms with Crippen molar-refractivity contribution in [1.29, 1.82) is 0 Å². The number of aliphatic hydroxyl groups is 1. The summed E-state index contributed by atoms with van der Waals surface area (Å²) in [5.41, 5.74) is -0.104. The molecule has 4 rings (SSSR count). The third-order valence-electron chi connectivity index (χ3n) is 5.99. The first-order chi connectivity index (χ1) is 13.5. The molecule has 0 unspecified atom stereocenters. The lowest BCUT2D eigenvalue weighted by Gasteiger charge is -2.41. The second-order valence-electron chi connectivity index (χ2n) is 8.24. The van der Waals surface area contributed by atoms with Crippen molar-refractivity contribution in [3.63, 3.8) is 0 Å². The Morgan fingerprint density at radius 2 is 2.14 bits per heavy atom. The molecule has 1 aromatic rings. The highest BCUT2D eigenvalue weighted by Gasteiger charge is 2.47. The van der Waals surface area contributed by atoms with Crippen molar-refractivity contribution in [3.8, 4) is 0 Å². The Kier molecular flexibility index (Phi) is 5.35. The molecule has 0 spiro atoms. The van der Waals surface area contributed by atoms with Crippen LogP contribution in [-0.4, -0.2) is 82.7 Å². The van der Waals surface area contributed by atoms with Crippen LogP contribution in [0.2, 0.25) is 0 Å². The molecule has 1 saturated carbocycles. The van der Waals surface area contributed by atoms with Gasteiger partial charge in [-0.15, -0.1) is 0 Å². The largest absolute Gasteiger partial charge is 0.388 e. The smallest absolute Gasteiger partial charge is 0.251 e. The molecule has 152 valence electrons. The van der Waals surface area contributed by atoms with Gasteiger partial charge in [0.25, 0.3) is 5.91 Å². The molecule has 2 atom stereocenters. The van der Waals surface area contributed by atoms with Gasteiger partial charge in [-0.2, -0.15) is 0 Å². The summed E-state index contributed by atoms with van der Waals surface area (Å²) in [6.07, 6.45) is 5.68. The molecular formula is C20H28N4O4. The summed E-state index contributed by atoms with van der Waals surface area (Å²) in [5, 5.41) is 13.6. The number of likely N-dealkylation sites (tertiary alicyclic amines) is 1. The number of carbonyl (C=O) groups excluding carboxylic acids is 2. The first-order valence-corrected chi connectivity index (χ1v) is 9.98. The summed E-state index contributed by atoms with van der Waals surface area (Å²) in [6.45, 7) is 1.69. The molecule has 2 amide bonds. The number of hydrogen-bond donors (Lipinski definition) is 2. The monoisotopic (exact) mass is 388 g/mol. The normalized spacial score (nSPS) is 28.2. The molecule has 0 bridgehead atoms. The lowest BCUT2D eigenvalue weighted by molar-refractivity contribution is -0.166. The average molecular weight is 388 g/mol. The topological polar surface area (TPSA) is 95.0 Å². The fourth-order valence-corrected chi connectivity index (χ4v) is 4.08. The molecule has 1 aromatic heterocycles. The molecule has 2 aliphatic heterocycles. The standard InChI is InChI=1S/C20H28N4O4/c1-23-9-6-20(27,7-10-23)13-22-19(26)18-17(14-3-2-8-21-11-14)24(15-4-5-15)16(25)12-28-18/h2-3,8,11,15,17-18,27H,4-7,9-10,12-13H2,1H3,(H,22,26)/t17-,18+/m1/s1. The molecule has 3 aliphatic rings. The number of nitrogens with zero attached hydrogens (tertiary/aromatic N) is 3. The quantitative estimate of drug-likeness (QED) is 0.742. The summed E-state index contributed by atoms with van der Waals surface area (Å²) in [5.74, 6) is -0.381. The van der Waals surface area contributed by atoms with Crippen LogP contribution in [0.4, 0.5) is 0 Å². The maximum atomic E-state index is 13.0. The predicted octanol–water partition coefficient (Wildman–Crippen LogP) is 0.0854. The molecule has 3 heterocycles. The lowest BCUT2D eigenvalue weighted by atomic mass is 9.91. The van der Waals surface area contributed by atoms with Crippen molar-refractivity contribution < 1.29 is 19.4 Å². The minimum atomic E-state index is -0.896. The van der Waals surface area contributed by atoms with E-state index >= 15 is 0 Å². The van der Waals surface area contributed by atoms with Gasteiger partial charge in [-0.1, -0.05) is 6.07 Å². The zero-order chi connectivity index (χ0) is 19.7. The molecule has 8 nitrogen and oxygen atoms in total. The Morgan fingerprint density at radius 3 is 2.79 bits per heavy atom. The maximum Gasteiger partial charge on any atom is 0.251 e. The van der Waals surface area contributed by atoms with Gasteiger partial charge in [0.15, 0.2) is 6.10 Å². The van der Waals surface area contributed by atoms with Crippen LogP contribution in [0.25, 0.3) is 0 Å². The fourth-order valence-electron chi connectivity index (χ4n) is 4.08. The van der Waals surface area contributed by atoms with Crippen LogP contribution < -0.4 is 5.32 Å². The fraction of sp³-hybridized carbons (Fsp3) is 0.650. The van der Waals surface area contributed by atoms with Crippen LogP contribution in [-0.2, 0) is 14.3 Å². The number of ether oxygens (including phenoxy) is 1. The number of piperidine rings is 1. The van der Waals surface area contributed by atoms with Crippen molar-refractivity contribution in [2.24, 2.45) is 0 Å². The van der Waals surface area contributed by atoms with E-state index in [0.717, 1.165) is 31.5 Å². The van der Waals surface area contributed by atoms with E-state index in [0.29, 0.717) is 12.8 Å². The SMILES string of the molecule is CN1CCC(O)(CNC(=O)[C@H]2OCC(=O)N(C3CC3)[C@@H]2c2cccnc2)CC1. The molecule has 0 radical (unpaired) electrons. The number of nitrogens with one attached hydrogen (secondary N) is 1. The predicted molar refractivity (Wildman–Crippen MR) is 101 cm³/mol. The van der Waals surface area contributed by atoms with Gasteiger partial charge in [0, 0.05) is 38.1 Å². The summed E-state index contributed by atoms with van der Waals surface area (Å²) in [4.78, 5) is 33.7. The second-order valence-corrected chi connectivity index (χ2v) is 8.24. The number of rotatable bonds is 5. The number of pyridine rings is 1. The second kappa shape index (κ2) is 7.77. The summed E-state index contributed by atoms with van der Waals surface area (Å²) < 4.78 is 5.70. The molecule has 3 fully saturated rings. The van der Waals surface area contributed by atoms with Gasteiger partial charge < -0.3 is 25.0 Å². The van der Waals surface area contributed by atoms with E-state index in [1.54, 1.807) is 23.4 Å². The number of aromatic nitrogens is 1. The van der Waals surface area contributed by atoms with Crippen molar-refractivity contribution in [2.75, 3.05) is 33.3 Å². The van der Waals surface area contributed by atoms with Gasteiger partial charge in [-0.3, -0.25) is 14.6 Å². The number of morpholine rings is 1. The Bertz CT molecular complexity index is 716. The van der Waals surface area contributed by atoms with Crippen molar-refractivity contribution in [1.82, 2.24) is 20.1 Å². The van der Waals surface area contributed by atoms with Crippen LogP contribution in [0, 0.1) is 0 Å². The third kappa shape index (κ3) is 4.04. The molecule has 2 N–H and O–H groups in total. The van der Waals surface area contributed by atoms with E-state index in [-0.39, 0.29) is 31.0 Å². The van der Waals surface area contributed by atoms with Crippen LogP contribution >= 0.6 is 0 Å². The zero-order valence-electron chi connectivity index (χ0n) is 16.2. The van der Waals surface area contributed by atoms with Crippen LogP contribution in [0.3, 0.4) is 0 Å². The summed E-state index contributed by atoms with van der Waals surface area (Å²) in [7, 11) is 2.02. The Labute approximate surface area is 164 Å². The third-order valence-corrected chi connectivity index (χ3v) is 5.99. The van der Waals surface area contributed by atoms with Crippen LogP contribution in [0.15, 0.2) is 24.5 Å². The number of carbonyl (C=O) groups is 2. The van der Waals surface area contributed by atoms with Crippen molar-refractivity contribution in [2.45, 2.75) is 49.5 Å². The molecule has 28 heavy (non-hydrogen) atoms. The first kappa shape index (κ1) is 19.3. The van der Waals surface area contributed by atoms with Crippen LogP contribution in [0.1, 0.15) is 37.3 Å². The van der Waals surface area contributed by atoms with E-state index in [2.05, 4.69) is 15.2 Å². The zero-order valence-corrected chi connectivity index (χ0v) is 16.2. The Morgan fingerprint density at radius 1 is 1.39 bits per heavy atom. The molecule has 0 aromatic carbocycles. The lowest BCUT2D eigenvalue weighted by Crippen LogP contribution is -2.57. The highest BCUT2D eigenvalue weighted by molar-refractivity contribution is 5.86. The van der Waals surface area contributed by atoms with Gasteiger partial charge >= 0.3 is 0 Å². The maximum absolute atomic E-state index is 13.0. The summed E-state index contributed by atoms with van der Waals surface area (Å²) in [6, 6.07) is 3.35. The Hall–Kier alpha value is -2.03. The minimum absolute atomic E-state index is 0.0886. The minimum Gasteiger partial charge on any atom is -0.388 e. The van der Waals surface area contributed by atoms with Gasteiger partial charge in [0.1, 0.15) is 6.61 Å². The Balaban J connectivity index is 1.49. The van der Waals surface area contributed by atoms with E-state index in [1.807, 2.05) is 13.1 Å². The first-order valence-electron chi connectivity index (χ1n) is 9.98. The highest BCUT2D eigenvalue weighted by Crippen LogP contribution is 2.39. The van der Waals surface area contributed by atoms with E-state index in [1.165, 1.54) is 0 Å². The van der Waals surface area contributed by atoms with Crippen molar-refractivity contribution in [3.05, 3.63) is 30.1 Å². The molecule has 1 aliphatic carbocycles. The molecular weight excluding hydrogens is 360 g/mol. The van der Waals surface area contributed by atoms with Crippen molar-refractivity contribution >= 4 is 11.8 Å². The summed E-state index contributed by atoms with van der Waals surface area (Å²) >= 11 is 0. The highest BCUT2D eigenvalue weighted by atomic mass is 16.5. The van der Waals surface area contributed by atoms with Gasteiger partial charge in [-0.25, -0.2) is 0 Å². The average Bonchev–Trinajstić information content (AvgIpc) is 3.54. The molecule has 8 heteroatoms. The van der Waals surface area contributed by atoms with E-state index in [9.17, 15) is 14.7 Å². The number of hydrogen-bond acceptors (Lipinski definition) is 6. The van der Waals surface area contributed by atoms with Gasteiger partial charge in [0.2, 0.25) is 5.91 Å². The van der Waals surface area contributed by atoms with E-state index < -0.39 is 17.7 Å². The molecule has 2 saturated heterocycles. The van der Waals surface area contributed by atoms with E-state index in [4.69, 9.17) is 4.74 Å². The number of amides is 2. The van der Waals surface area contributed by atoms with Gasteiger partial charge in [0.05, 0.1) is 11.6 Å².